The molecule has 6 nitrogen and oxygen atoms in total. The lowest BCUT2D eigenvalue weighted by molar-refractivity contribution is -0.141. The molecule has 0 aliphatic rings. The maximum absolute atomic E-state index is 11.9. The van der Waals surface area contributed by atoms with E-state index in [-0.39, 0.29) is 6.42 Å². The molecule has 1 aromatic carbocycles. The summed E-state index contributed by atoms with van der Waals surface area (Å²) in [4.78, 5) is 34.6. The maximum Gasteiger partial charge on any atom is 0.408 e. The van der Waals surface area contributed by atoms with E-state index >= 15 is 0 Å². The summed E-state index contributed by atoms with van der Waals surface area (Å²) in [5.74, 6) is -0.498. The van der Waals surface area contributed by atoms with Gasteiger partial charge in [-0.1, -0.05) is 24.3 Å². The Kier molecular flexibility index (Phi) is 6.10. The van der Waals surface area contributed by atoms with Gasteiger partial charge in [-0.15, -0.1) is 0 Å². The Morgan fingerprint density at radius 1 is 1.27 bits per heavy atom. The van der Waals surface area contributed by atoms with Crippen LogP contribution in [0.1, 0.15) is 49.2 Å². The van der Waals surface area contributed by atoms with Crippen molar-refractivity contribution in [3.05, 3.63) is 35.4 Å². The predicted octanol–water partition coefficient (Wildman–Crippen LogP) is 2.63. The zero-order valence-corrected chi connectivity index (χ0v) is 13.2. The number of ether oxygens (including phenoxy) is 2. The molecule has 1 rings (SSSR count). The fourth-order valence-corrected chi connectivity index (χ4v) is 1.87. The molecule has 1 amide bonds. The third-order valence-electron chi connectivity index (χ3n) is 2.79. The van der Waals surface area contributed by atoms with Gasteiger partial charge in [0.1, 0.15) is 11.9 Å². The molecule has 0 heterocycles. The molecule has 0 saturated carbocycles. The first-order chi connectivity index (χ1) is 10.3. The number of hydrogen-bond donors (Lipinski definition) is 1. The standard InChI is InChI=1S/C16H21NO5/c1-16(2,3)22-15(20)17-13(9-14(19)21-4)12-8-6-5-7-11(12)10-18/h5-8,10,13H,9H2,1-4H3,(H,17,20). The van der Waals surface area contributed by atoms with Crippen molar-refractivity contribution in [1.82, 2.24) is 5.32 Å². The van der Waals surface area contributed by atoms with Crippen molar-refractivity contribution >= 4 is 18.3 Å². The average Bonchev–Trinajstić information content (AvgIpc) is 2.44. The summed E-state index contributed by atoms with van der Waals surface area (Å²) in [7, 11) is 1.26. The number of esters is 1. The number of methoxy groups -OCH3 is 1. The maximum atomic E-state index is 11.9. The minimum absolute atomic E-state index is 0.0966. The van der Waals surface area contributed by atoms with E-state index in [1.807, 2.05) is 0 Å². The van der Waals surface area contributed by atoms with Gasteiger partial charge in [-0.2, -0.15) is 0 Å². The molecule has 0 saturated heterocycles. The van der Waals surface area contributed by atoms with E-state index in [4.69, 9.17) is 4.74 Å². The summed E-state index contributed by atoms with van der Waals surface area (Å²) in [5.41, 5.74) is 0.269. The van der Waals surface area contributed by atoms with Gasteiger partial charge in [0.15, 0.2) is 0 Å². The Morgan fingerprint density at radius 2 is 1.91 bits per heavy atom. The van der Waals surface area contributed by atoms with Crippen molar-refractivity contribution in [3.63, 3.8) is 0 Å². The topological polar surface area (TPSA) is 81.7 Å². The molecular formula is C16H21NO5. The number of alkyl carbamates (subject to hydrolysis) is 1. The summed E-state index contributed by atoms with van der Waals surface area (Å²) >= 11 is 0. The monoisotopic (exact) mass is 307 g/mol. The summed E-state index contributed by atoms with van der Waals surface area (Å²) in [6.45, 7) is 5.21. The summed E-state index contributed by atoms with van der Waals surface area (Å²) in [5, 5.41) is 2.61. The van der Waals surface area contributed by atoms with Crippen LogP contribution in [0.3, 0.4) is 0 Å². The van der Waals surface area contributed by atoms with Gasteiger partial charge in [-0.25, -0.2) is 4.79 Å². The highest BCUT2D eigenvalue weighted by Gasteiger charge is 2.24. The van der Waals surface area contributed by atoms with Crippen LogP contribution in [0.4, 0.5) is 4.79 Å². The first-order valence-corrected chi connectivity index (χ1v) is 6.87. The van der Waals surface area contributed by atoms with E-state index in [1.54, 1.807) is 45.0 Å². The van der Waals surface area contributed by atoms with Crippen LogP contribution in [-0.4, -0.2) is 31.1 Å². The van der Waals surface area contributed by atoms with Gasteiger partial charge in [0.05, 0.1) is 19.6 Å². The van der Waals surface area contributed by atoms with Crippen molar-refractivity contribution in [3.8, 4) is 0 Å². The molecule has 0 bridgehead atoms. The van der Waals surface area contributed by atoms with E-state index in [1.165, 1.54) is 7.11 Å². The van der Waals surface area contributed by atoms with Crippen molar-refractivity contribution in [2.45, 2.75) is 38.8 Å². The molecule has 1 N–H and O–H groups in total. The second kappa shape index (κ2) is 7.59. The minimum atomic E-state index is -0.705. The molecule has 22 heavy (non-hydrogen) atoms. The smallest absolute Gasteiger partial charge is 0.408 e. The van der Waals surface area contributed by atoms with Gasteiger partial charge >= 0.3 is 12.1 Å². The van der Waals surface area contributed by atoms with Crippen LogP contribution in [0.2, 0.25) is 0 Å². The molecule has 1 aromatic rings. The SMILES string of the molecule is COC(=O)CC(NC(=O)OC(C)(C)C)c1ccccc1C=O. The van der Waals surface area contributed by atoms with E-state index in [2.05, 4.69) is 10.1 Å². The fraction of sp³-hybridized carbons (Fsp3) is 0.438. The lowest BCUT2D eigenvalue weighted by Crippen LogP contribution is -2.36. The molecule has 0 fully saturated rings. The Hall–Kier alpha value is -2.37. The Morgan fingerprint density at radius 3 is 2.45 bits per heavy atom. The number of carbonyl (C=O) groups excluding carboxylic acids is 3. The third kappa shape index (κ3) is 5.55. The molecular weight excluding hydrogens is 286 g/mol. The average molecular weight is 307 g/mol. The zero-order chi connectivity index (χ0) is 16.8. The number of amides is 1. The van der Waals surface area contributed by atoms with Crippen molar-refractivity contribution in [2.75, 3.05) is 7.11 Å². The fourth-order valence-electron chi connectivity index (χ4n) is 1.87. The number of nitrogens with one attached hydrogen (secondary N) is 1. The van der Waals surface area contributed by atoms with Crippen LogP contribution >= 0.6 is 0 Å². The van der Waals surface area contributed by atoms with E-state index in [9.17, 15) is 14.4 Å². The highest BCUT2D eigenvalue weighted by molar-refractivity contribution is 5.79. The lowest BCUT2D eigenvalue weighted by Gasteiger charge is -2.24. The van der Waals surface area contributed by atoms with E-state index in [0.717, 1.165) is 0 Å². The number of hydrogen-bond acceptors (Lipinski definition) is 5. The van der Waals surface area contributed by atoms with E-state index in [0.29, 0.717) is 17.4 Å². The highest BCUT2D eigenvalue weighted by Crippen LogP contribution is 2.21. The van der Waals surface area contributed by atoms with Crippen LogP contribution in [0, 0.1) is 0 Å². The Labute approximate surface area is 129 Å². The first kappa shape index (κ1) is 17.7. The number of benzene rings is 1. The predicted molar refractivity (Wildman–Crippen MR) is 80.6 cm³/mol. The molecule has 1 unspecified atom stereocenters. The Bertz CT molecular complexity index is 548. The molecule has 0 radical (unpaired) electrons. The van der Waals surface area contributed by atoms with Gasteiger partial charge in [-0.05, 0) is 26.3 Å². The van der Waals surface area contributed by atoms with Gasteiger partial charge < -0.3 is 14.8 Å². The quantitative estimate of drug-likeness (QED) is 0.668. The number of rotatable bonds is 5. The first-order valence-electron chi connectivity index (χ1n) is 6.87. The second-order valence-electron chi connectivity index (χ2n) is 5.73. The number of carbonyl (C=O) groups is 3. The van der Waals surface area contributed by atoms with Crippen LogP contribution in [-0.2, 0) is 14.3 Å². The summed E-state index contributed by atoms with van der Waals surface area (Å²) in [6, 6.07) is 6.01. The highest BCUT2D eigenvalue weighted by atomic mass is 16.6. The van der Waals surface area contributed by atoms with Gasteiger partial charge in [0, 0.05) is 5.56 Å². The lowest BCUT2D eigenvalue weighted by atomic mass is 9.98. The molecule has 120 valence electrons. The largest absolute Gasteiger partial charge is 0.469 e. The van der Waals surface area contributed by atoms with Crippen molar-refractivity contribution in [1.29, 1.82) is 0 Å². The van der Waals surface area contributed by atoms with Gasteiger partial charge in [0.2, 0.25) is 0 Å². The van der Waals surface area contributed by atoms with Crippen LogP contribution in [0.5, 0.6) is 0 Å². The van der Waals surface area contributed by atoms with Crippen molar-refractivity contribution < 1.29 is 23.9 Å². The number of aldehydes is 1. The molecule has 6 heteroatoms. The van der Waals surface area contributed by atoms with Gasteiger partial charge in [-0.3, -0.25) is 9.59 Å². The summed E-state index contributed by atoms with van der Waals surface area (Å²) in [6.07, 6.45) is -0.0844. The molecule has 1 atom stereocenters. The minimum Gasteiger partial charge on any atom is -0.469 e. The van der Waals surface area contributed by atoms with E-state index < -0.39 is 23.7 Å². The van der Waals surface area contributed by atoms with Crippen LogP contribution in [0.25, 0.3) is 0 Å². The molecule has 0 aromatic heterocycles. The Balaban J connectivity index is 3.00. The molecule has 0 spiro atoms. The zero-order valence-electron chi connectivity index (χ0n) is 13.2. The summed E-state index contributed by atoms with van der Waals surface area (Å²) < 4.78 is 9.83. The second-order valence-corrected chi connectivity index (χ2v) is 5.73. The normalized spacial score (nSPS) is 12.2. The van der Waals surface area contributed by atoms with Crippen LogP contribution < -0.4 is 5.32 Å². The van der Waals surface area contributed by atoms with Crippen molar-refractivity contribution in [2.24, 2.45) is 0 Å². The van der Waals surface area contributed by atoms with Gasteiger partial charge in [0.25, 0.3) is 0 Å². The molecule has 0 aliphatic carbocycles. The molecule has 0 aliphatic heterocycles. The third-order valence-corrected chi connectivity index (χ3v) is 2.79. The van der Waals surface area contributed by atoms with Crippen LogP contribution in [0.15, 0.2) is 24.3 Å².